The van der Waals surface area contributed by atoms with Crippen LogP contribution in [-0.2, 0) is 0 Å². The maximum atomic E-state index is 11.9. The van der Waals surface area contributed by atoms with E-state index in [4.69, 9.17) is 16.3 Å². The van der Waals surface area contributed by atoms with Crippen LogP contribution in [0.15, 0.2) is 30.4 Å². The Bertz CT molecular complexity index is 503. The van der Waals surface area contributed by atoms with Gasteiger partial charge in [-0.3, -0.25) is 14.9 Å². The largest absolute Gasteiger partial charge is 0.490 e. The van der Waals surface area contributed by atoms with Gasteiger partial charge in [-0.1, -0.05) is 18.2 Å². The molecule has 0 aliphatic rings. The molecule has 0 aliphatic heterocycles. The van der Waals surface area contributed by atoms with E-state index < -0.39 is 10.8 Å². The normalized spacial score (nSPS) is 10.4. The number of nitro groups is 1. The van der Waals surface area contributed by atoms with Crippen molar-refractivity contribution in [3.05, 3.63) is 46.0 Å². The van der Waals surface area contributed by atoms with Crippen LogP contribution in [0.2, 0.25) is 0 Å². The van der Waals surface area contributed by atoms with Crippen molar-refractivity contribution in [1.29, 1.82) is 0 Å². The summed E-state index contributed by atoms with van der Waals surface area (Å²) in [5, 5.41) is 13.4. The maximum Gasteiger partial charge on any atom is 0.311 e. The van der Waals surface area contributed by atoms with Crippen molar-refractivity contribution < 1.29 is 14.5 Å². The molecule has 0 saturated heterocycles. The third kappa shape index (κ3) is 3.96. The van der Waals surface area contributed by atoms with Gasteiger partial charge in [0, 0.05) is 18.5 Å². The second-order valence-electron chi connectivity index (χ2n) is 3.45. The van der Waals surface area contributed by atoms with Crippen LogP contribution in [0.3, 0.4) is 0 Å². The van der Waals surface area contributed by atoms with E-state index in [0.717, 1.165) is 0 Å². The van der Waals surface area contributed by atoms with Crippen molar-refractivity contribution in [2.24, 2.45) is 0 Å². The molecule has 1 aromatic rings. The van der Waals surface area contributed by atoms with E-state index in [-0.39, 0.29) is 23.5 Å². The number of allylic oxidation sites excluding steroid dienone is 1. The lowest BCUT2D eigenvalue weighted by Crippen LogP contribution is -2.24. The third-order valence-corrected chi connectivity index (χ3v) is 2.45. The highest BCUT2D eigenvalue weighted by Gasteiger charge is 2.21. The summed E-state index contributed by atoms with van der Waals surface area (Å²) in [5.74, 6) is -0.137. The van der Waals surface area contributed by atoms with E-state index in [0.29, 0.717) is 5.88 Å². The molecule has 0 fully saturated rings. The van der Waals surface area contributed by atoms with Gasteiger partial charge in [-0.2, -0.15) is 0 Å². The van der Waals surface area contributed by atoms with Crippen LogP contribution in [-0.4, -0.2) is 30.4 Å². The minimum Gasteiger partial charge on any atom is -0.490 e. The molecular formula is C12H13ClN2O4. The first-order valence-corrected chi connectivity index (χ1v) is 5.95. The van der Waals surface area contributed by atoms with Crippen LogP contribution in [0, 0.1) is 10.1 Å². The first-order valence-electron chi connectivity index (χ1n) is 5.42. The molecule has 0 spiro atoms. The lowest BCUT2D eigenvalue weighted by molar-refractivity contribution is -0.385. The van der Waals surface area contributed by atoms with E-state index >= 15 is 0 Å². The molecule has 0 unspecified atom stereocenters. The van der Waals surface area contributed by atoms with Gasteiger partial charge in [-0.15, -0.1) is 11.6 Å². The first kappa shape index (κ1) is 15.0. The van der Waals surface area contributed by atoms with Crippen LogP contribution in [0.4, 0.5) is 5.69 Å². The number of carbonyl (C=O) groups excluding carboxylic acids is 1. The number of methoxy groups -OCH3 is 1. The summed E-state index contributed by atoms with van der Waals surface area (Å²) in [6.45, 7) is 0.289. The SMILES string of the molecule is COc1c(C(=O)NC/C=C/CCl)cccc1[N+](=O)[O-]. The van der Waals surface area contributed by atoms with Crippen molar-refractivity contribution >= 4 is 23.2 Å². The zero-order valence-electron chi connectivity index (χ0n) is 10.3. The molecule has 7 heteroatoms. The highest BCUT2D eigenvalue weighted by atomic mass is 35.5. The van der Waals surface area contributed by atoms with Crippen LogP contribution in [0.25, 0.3) is 0 Å². The highest BCUT2D eigenvalue weighted by molar-refractivity contribution is 6.18. The summed E-state index contributed by atoms with van der Waals surface area (Å²) in [4.78, 5) is 22.1. The molecule has 0 aliphatic carbocycles. The van der Waals surface area contributed by atoms with Crippen LogP contribution in [0.1, 0.15) is 10.4 Å². The van der Waals surface area contributed by atoms with Gasteiger partial charge in [-0.05, 0) is 6.07 Å². The van der Waals surface area contributed by atoms with Gasteiger partial charge in [0.15, 0.2) is 0 Å². The van der Waals surface area contributed by atoms with Crippen molar-refractivity contribution in [3.63, 3.8) is 0 Å². The summed E-state index contributed by atoms with van der Waals surface area (Å²) in [5.41, 5.74) is -0.123. The zero-order chi connectivity index (χ0) is 14.3. The summed E-state index contributed by atoms with van der Waals surface area (Å²) in [6, 6.07) is 4.18. The number of hydrogen-bond acceptors (Lipinski definition) is 4. The third-order valence-electron chi connectivity index (χ3n) is 2.28. The zero-order valence-corrected chi connectivity index (χ0v) is 11.0. The molecule has 0 atom stereocenters. The molecule has 0 aromatic heterocycles. The van der Waals surface area contributed by atoms with E-state index in [1.54, 1.807) is 12.2 Å². The molecule has 0 heterocycles. The molecule has 1 aromatic carbocycles. The fraction of sp³-hybridized carbons (Fsp3) is 0.250. The minimum absolute atomic E-state index is 0.0497. The molecule has 1 rings (SSSR count). The Morgan fingerprint density at radius 1 is 1.53 bits per heavy atom. The number of nitrogens with one attached hydrogen (secondary N) is 1. The number of nitrogens with zero attached hydrogens (tertiary/aromatic N) is 1. The second kappa shape index (κ2) is 7.38. The average Bonchev–Trinajstić information content (AvgIpc) is 2.42. The van der Waals surface area contributed by atoms with E-state index in [1.165, 1.54) is 25.3 Å². The van der Waals surface area contributed by atoms with E-state index in [2.05, 4.69) is 5.32 Å². The molecule has 0 radical (unpaired) electrons. The number of halogens is 1. The monoisotopic (exact) mass is 284 g/mol. The number of amides is 1. The fourth-order valence-corrected chi connectivity index (χ4v) is 1.58. The van der Waals surface area contributed by atoms with Crippen molar-refractivity contribution in [2.75, 3.05) is 19.5 Å². The predicted molar refractivity (Wildman–Crippen MR) is 71.8 cm³/mol. The second-order valence-corrected chi connectivity index (χ2v) is 3.76. The van der Waals surface area contributed by atoms with Gasteiger partial charge in [0.1, 0.15) is 0 Å². The number of rotatable bonds is 6. The molecule has 1 amide bonds. The Balaban J connectivity index is 2.93. The van der Waals surface area contributed by atoms with Gasteiger partial charge in [0.2, 0.25) is 5.75 Å². The lowest BCUT2D eigenvalue weighted by Gasteiger charge is -2.08. The number of benzene rings is 1. The molecule has 6 nitrogen and oxygen atoms in total. The van der Waals surface area contributed by atoms with Gasteiger partial charge >= 0.3 is 5.69 Å². The quantitative estimate of drug-likeness (QED) is 0.375. The Labute approximate surface area is 115 Å². The molecular weight excluding hydrogens is 272 g/mol. The molecule has 19 heavy (non-hydrogen) atoms. The van der Waals surface area contributed by atoms with Gasteiger partial charge < -0.3 is 10.1 Å². The number of nitro benzene ring substituents is 1. The number of alkyl halides is 1. The first-order chi connectivity index (χ1) is 9.11. The summed E-state index contributed by atoms with van der Waals surface area (Å²) < 4.78 is 4.94. The standard InChI is InChI=1S/C12H13ClN2O4/c1-19-11-9(5-4-6-10(11)15(17)18)12(16)14-8-3-2-7-13/h2-6H,7-8H2,1H3,(H,14,16)/b3-2+. The Morgan fingerprint density at radius 3 is 2.84 bits per heavy atom. The fourth-order valence-electron chi connectivity index (χ4n) is 1.46. The minimum atomic E-state index is -0.594. The Morgan fingerprint density at radius 2 is 2.26 bits per heavy atom. The van der Waals surface area contributed by atoms with Crippen LogP contribution < -0.4 is 10.1 Å². The number of carbonyl (C=O) groups is 1. The van der Waals surface area contributed by atoms with E-state index in [9.17, 15) is 14.9 Å². The predicted octanol–water partition coefficient (Wildman–Crippen LogP) is 2.13. The summed E-state index contributed by atoms with van der Waals surface area (Å²) in [7, 11) is 1.28. The topological polar surface area (TPSA) is 81.5 Å². The number of ether oxygens (including phenoxy) is 1. The van der Waals surface area contributed by atoms with Crippen molar-refractivity contribution in [2.45, 2.75) is 0 Å². The molecule has 102 valence electrons. The van der Waals surface area contributed by atoms with Crippen molar-refractivity contribution in [1.82, 2.24) is 5.32 Å². The van der Waals surface area contributed by atoms with Gasteiger partial charge in [-0.25, -0.2) is 0 Å². The Kier molecular flexibility index (Phi) is 5.81. The number of hydrogen-bond donors (Lipinski definition) is 1. The number of para-hydroxylation sites is 1. The lowest BCUT2D eigenvalue weighted by atomic mass is 10.1. The molecule has 1 N–H and O–H groups in total. The molecule has 0 saturated carbocycles. The van der Waals surface area contributed by atoms with Gasteiger partial charge in [0.05, 0.1) is 17.6 Å². The summed E-state index contributed by atoms with van der Waals surface area (Å²) >= 11 is 5.44. The Hall–Kier alpha value is -2.08. The average molecular weight is 285 g/mol. The summed E-state index contributed by atoms with van der Waals surface area (Å²) in [6.07, 6.45) is 3.38. The molecule has 0 bridgehead atoms. The van der Waals surface area contributed by atoms with Crippen LogP contribution >= 0.6 is 11.6 Å². The van der Waals surface area contributed by atoms with E-state index in [1.807, 2.05) is 0 Å². The highest BCUT2D eigenvalue weighted by Crippen LogP contribution is 2.30. The van der Waals surface area contributed by atoms with Crippen LogP contribution in [0.5, 0.6) is 5.75 Å². The maximum absolute atomic E-state index is 11.9. The smallest absolute Gasteiger partial charge is 0.311 e. The van der Waals surface area contributed by atoms with Crippen molar-refractivity contribution in [3.8, 4) is 5.75 Å². The van der Waals surface area contributed by atoms with Gasteiger partial charge in [0.25, 0.3) is 5.91 Å².